The SMILES string of the molecule is Cc1ccc(Oc2c(C)[nH]c3cc(OC(F)(F)F)ccc23)cc1. The van der Waals surface area contributed by atoms with Gasteiger partial charge in [-0.2, -0.15) is 0 Å². The van der Waals surface area contributed by atoms with E-state index < -0.39 is 6.36 Å². The Morgan fingerprint density at radius 1 is 0.913 bits per heavy atom. The molecule has 0 atom stereocenters. The van der Waals surface area contributed by atoms with E-state index in [1.54, 1.807) is 13.0 Å². The molecule has 0 aliphatic carbocycles. The number of halogens is 3. The van der Waals surface area contributed by atoms with Crippen molar-refractivity contribution in [1.29, 1.82) is 0 Å². The number of hydrogen-bond donors (Lipinski definition) is 1. The molecule has 1 N–H and O–H groups in total. The van der Waals surface area contributed by atoms with Crippen molar-refractivity contribution in [2.24, 2.45) is 0 Å². The van der Waals surface area contributed by atoms with Crippen molar-refractivity contribution < 1.29 is 22.6 Å². The predicted molar refractivity (Wildman–Crippen MR) is 81.0 cm³/mol. The molecule has 1 aromatic heterocycles. The topological polar surface area (TPSA) is 34.2 Å². The largest absolute Gasteiger partial charge is 0.573 e. The van der Waals surface area contributed by atoms with Gasteiger partial charge in [0.05, 0.1) is 11.2 Å². The number of nitrogens with one attached hydrogen (secondary N) is 1. The fourth-order valence-corrected chi connectivity index (χ4v) is 2.34. The second-order valence-electron chi connectivity index (χ2n) is 5.25. The van der Waals surface area contributed by atoms with Crippen molar-refractivity contribution in [3.8, 4) is 17.2 Å². The van der Waals surface area contributed by atoms with E-state index in [1.165, 1.54) is 12.1 Å². The first-order chi connectivity index (χ1) is 10.8. The van der Waals surface area contributed by atoms with Gasteiger partial charge in [0, 0.05) is 11.5 Å². The molecule has 0 bridgehead atoms. The fraction of sp³-hybridized carbons (Fsp3) is 0.176. The van der Waals surface area contributed by atoms with Crippen LogP contribution in [0.25, 0.3) is 10.9 Å². The Hall–Kier alpha value is -2.63. The first-order valence-electron chi connectivity index (χ1n) is 6.94. The van der Waals surface area contributed by atoms with Crippen molar-refractivity contribution in [1.82, 2.24) is 4.98 Å². The molecule has 0 saturated carbocycles. The summed E-state index contributed by atoms with van der Waals surface area (Å²) >= 11 is 0. The van der Waals surface area contributed by atoms with E-state index in [0.29, 0.717) is 22.4 Å². The molecule has 0 amide bonds. The molecule has 0 aliphatic heterocycles. The van der Waals surface area contributed by atoms with Crippen LogP contribution in [0.1, 0.15) is 11.3 Å². The van der Waals surface area contributed by atoms with Crippen LogP contribution < -0.4 is 9.47 Å². The maximum Gasteiger partial charge on any atom is 0.573 e. The molecule has 3 nitrogen and oxygen atoms in total. The zero-order chi connectivity index (χ0) is 16.6. The summed E-state index contributed by atoms with van der Waals surface area (Å²) in [5, 5.41) is 0.692. The van der Waals surface area contributed by atoms with E-state index >= 15 is 0 Å². The highest BCUT2D eigenvalue weighted by molar-refractivity contribution is 5.89. The summed E-state index contributed by atoms with van der Waals surface area (Å²) in [6, 6.07) is 11.7. The van der Waals surface area contributed by atoms with Crippen LogP contribution in [-0.2, 0) is 0 Å². The Balaban J connectivity index is 1.95. The van der Waals surface area contributed by atoms with Gasteiger partial charge in [-0.3, -0.25) is 0 Å². The Morgan fingerprint density at radius 2 is 1.57 bits per heavy atom. The second kappa shape index (κ2) is 5.53. The standard InChI is InChI=1S/C17H14F3NO2/c1-10-3-5-12(6-4-10)22-16-11(2)21-15-9-13(7-8-14(15)16)23-17(18,19)20/h3-9,21H,1-2H3. The predicted octanol–water partition coefficient (Wildman–Crippen LogP) is 5.48. The van der Waals surface area contributed by atoms with Crippen LogP contribution in [-0.4, -0.2) is 11.3 Å². The van der Waals surface area contributed by atoms with E-state index in [2.05, 4.69) is 9.72 Å². The summed E-state index contributed by atoms with van der Waals surface area (Å²) in [6.07, 6.45) is -4.71. The van der Waals surface area contributed by atoms with Gasteiger partial charge >= 0.3 is 6.36 Å². The Morgan fingerprint density at radius 3 is 2.22 bits per heavy atom. The van der Waals surface area contributed by atoms with Gasteiger partial charge in [0.25, 0.3) is 0 Å². The van der Waals surface area contributed by atoms with Crippen molar-refractivity contribution in [3.05, 3.63) is 53.7 Å². The molecule has 0 aliphatic rings. The van der Waals surface area contributed by atoms with Gasteiger partial charge in [0.15, 0.2) is 5.75 Å². The monoisotopic (exact) mass is 321 g/mol. The molecule has 3 aromatic rings. The summed E-state index contributed by atoms with van der Waals surface area (Å²) in [4.78, 5) is 3.01. The van der Waals surface area contributed by atoms with Crippen LogP contribution in [0.4, 0.5) is 13.2 Å². The number of rotatable bonds is 3. The molecular weight excluding hydrogens is 307 g/mol. The van der Waals surface area contributed by atoms with E-state index in [9.17, 15) is 13.2 Å². The van der Waals surface area contributed by atoms with Gasteiger partial charge < -0.3 is 14.5 Å². The average molecular weight is 321 g/mol. The van der Waals surface area contributed by atoms with Crippen LogP contribution in [0, 0.1) is 13.8 Å². The maximum absolute atomic E-state index is 12.3. The smallest absolute Gasteiger partial charge is 0.455 e. The Kier molecular flexibility index (Phi) is 3.67. The van der Waals surface area contributed by atoms with Gasteiger partial charge in [-0.05, 0) is 38.1 Å². The van der Waals surface area contributed by atoms with Gasteiger partial charge in [-0.1, -0.05) is 17.7 Å². The number of hydrogen-bond acceptors (Lipinski definition) is 2. The molecular formula is C17H14F3NO2. The summed E-state index contributed by atoms with van der Waals surface area (Å²) in [5.41, 5.74) is 2.36. The van der Waals surface area contributed by atoms with Gasteiger partial charge in [-0.25, -0.2) is 0 Å². The number of alkyl halides is 3. The molecule has 23 heavy (non-hydrogen) atoms. The lowest BCUT2D eigenvalue weighted by atomic mass is 10.2. The Bertz CT molecular complexity index is 835. The molecule has 120 valence electrons. The highest BCUT2D eigenvalue weighted by Gasteiger charge is 2.31. The first-order valence-corrected chi connectivity index (χ1v) is 6.94. The summed E-state index contributed by atoms with van der Waals surface area (Å²) in [7, 11) is 0. The summed E-state index contributed by atoms with van der Waals surface area (Å²) in [6.45, 7) is 3.77. The molecule has 0 radical (unpaired) electrons. The number of aryl methyl sites for hydroxylation is 2. The van der Waals surface area contributed by atoms with Crippen LogP contribution in [0.2, 0.25) is 0 Å². The van der Waals surface area contributed by atoms with Gasteiger partial charge in [-0.15, -0.1) is 13.2 Å². The molecule has 0 spiro atoms. The zero-order valence-corrected chi connectivity index (χ0v) is 12.5. The lowest BCUT2D eigenvalue weighted by Crippen LogP contribution is -2.16. The lowest BCUT2D eigenvalue weighted by molar-refractivity contribution is -0.274. The van der Waals surface area contributed by atoms with Crippen LogP contribution in [0.5, 0.6) is 17.2 Å². The Labute approximate surface area is 130 Å². The van der Waals surface area contributed by atoms with Crippen LogP contribution >= 0.6 is 0 Å². The van der Waals surface area contributed by atoms with Crippen LogP contribution in [0.3, 0.4) is 0 Å². The van der Waals surface area contributed by atoms with Gasteiger partial charge in [0.2, 0.25) is 0 Å². The molecule has 6 heteroatoms. The minimum Gasteiger partial charge on any atom is -0.455 e. The number of fused-ring (bicyclic) bond motifs is 1. The van der Waals surface area contributed by atoms with E-state index in [4.69, 9.17) is 4.74 Å². The van der Waals surface area contributed by atoms with E-state index in [1.807, 2.05) is 31.2 Å². The molecule has 0 fully saturated rings. The van der Waals surface area contributed by atoms with Crippen molar-refractivity contribution in [2.45, 2.75) is 20.2 Å². The molecule has 2 aromatic carbocycles. The zero-order valence-electron chi connectivity index (χ0n) is 12.5. The third kappa shape index (κ3) is 3.41. The maximum atomic E-state index is 12.3. The molecule has 1 heterocycles. The molecule has 0 unspecified atom stereocenters. The molecule has 0 saturated heterocycles. The van der Waals surface area contributed by atoms with Crippen LogP contribution in [0.15, 0.2) is 42.5 Å². The van der Waals surface area contributed by atoms with E-state index in [-0.39, 0.29) is 5.75 Å². The summed E-state index contributed by atoms with van der Waals surface area (Å²) in [5.74, 6) is 0.978. The molecule has 3 rings (SSSR count). The number of aromatic amines is 1. The highest BCUT2D eigenvalue weighted by atomic mass is 19.4. The number of ether oxygens (including phenoxy) is 2. The number of benzene rings is 2. The third-order valence-corrected chi connectivity index (χ3v) is 3.37. The van der Waals surface area contributed by atoms with Gasteiger partial charge in [0.1, 0.15) is 11.5 Å². The fourth-order valence-electron chi connectivity index (χ4n) is 2.34. The third-order valence-electron chi connectivity index (χ3n) is 3.37. The highest BCUT2D eigenvalue weighted by Crippen LogP contribution is 2.36. The van der Waals surface area contributed by atoms with E-state index in [0.717, 1.165) is 11.3 Å². The normalized spacial score (nSPS) is 11.7. The minimum atomic E-state index is -4.71. The first kappa shape index (κ1) is 15.3. The number of H-pyrrole nitrogens is 1. The lowest BCUT2D eigenvalue weighted by Gasteiger charge is -2.09. The van der Waals surface area contributed by atoms with Crippen molar-refractivity contribution >= 4 is 10.9 Å². The second-order valence-corrected chi connectivity index (χ2v) is 5.25. The minimum absolute atomic E-state index is 0.270. The van der Waals surface area contributed by atoms with Crippen molar-refractivity contribution in [2.75, 3.05) is 0 Å². The number of aromatic nitrogens is 1. The van der Waals surface area contributed by atoms with Crippen molar-refractivity contribution in [3.63, 3.8) is 0 Å². The average Bonchev–Trinajstić information content (AvgIpc) is 2.75. The quantitative estimate of drug-likeness (QED) is 0.693. The summed E-state index contributed by atoms with van der Waals surface area (Å²) < 4.78 is 46.7.